The minimum atomic E-state index is -0.679. The third-order valence-electron chi connectivity index (χ3n) is 3.14. The minimum absolute atomic E-state index is 0.562. The Morgan fingerprint density at radius 3 is 2.81 bits per heavy atom. The molecule has 21 heavy (non-hydrogen) atoms. The van der Waals surface area contributed by atoms with Gasteiger partial charge in [-0.3, -0.25) is 4.57 Å². The molecule has 0 atom stereocenters. The zero-order chi connectivity index (χ0) is 15.0. The van der Waals surface area contributed by atoms with Crippen molar-refractivity contribution in [1.29, 1.82) is 5.26 Å². The molecule has 3 rings (SSSR count). The topological polar surface area (TPSA) is 50.3 Å². The summed E-state index contributed by atoms with van der Waals surface area (Å²) in [7, 11) is 0. The fraction of sp³-hybridized carbons (Fsp3) is 0.188. The van der Waals surface area contributed by atoms with Gasteiger partial charge in [-0.1, -0.05) is 18.3 Å². The van der Waals surface area contributed by atoms with Crippen LogP contribution in [0.5, 0.6) is 5.75 Å². The molecule has 2 heterocycles. The van der Waals surface area contributed by atoms with Crippen LogP contribution in [-0.4, -0.2) is 16.1 Å². The first-order valence-corrected chi connectivity index (χ1v) is 6.92. The Kier molecular flexibility index (Phi) is 3.11. The summed E-state index contributed by atoms with van der Waals surface area (Å²) in [6, 6.07) is 13.1. The van der Waals surface area contributed by atoms with Crippen molar-refractivity contribution in [3.8, 4) is 11.8 Å². The van der Waals surface area contributed by atoms with Gasteiger partial charge in [0, 0.05) is 6.20 Å². The zero-order valence-corrected chi connectivity index (χ0v) is 12.5. The van der Waals surface area contributed by atoms with Crippen LogP contribution >= 0.6 is 12.2 Å². The average molecular weight is 295 g/mol. The number of hydrogen-bond donors (Lipinski definition) is 0. The standard InChI is InChI=1S/C16H13N3OS/c1-16(2)18-15(19-8-4-3-5-14(19)21)12-9-11(10-17)6-7-13(12)20-16/h3-9H,1-2H3. The largest absolute Gasteiger partial charge is 0.466 e. The molecule has 104 valence electrons. The number of aromatic nitrogens is 1. The number of nitriles is 1. The lowest BCUT2D eigenvalue weighted by Gasteiger charge is -2.30. The molecule has 0 saturated heterocycles. The maximum Gasteiger partial charge on any atom is 0.196 e. The van der Waals surface area contributed by atoms with Gasteiger partial charge in [0.1, 0.15) is 16.2 Å². The predicted molar refractivity (Wildman–Crippen MR) is 83.1 cm³/mol. The highest BCUT2D eigenvalue weighted by Crippen LogP contribution is 2.31. The van der Waals surface area contributed by atoms with Crippen molar-refractivity contribution < 1.29 is 4.74 Å². The van der Waals surface area contributed by atoms with E-state index in [1.807, 2.05) is 42.8 Å². The van der Waals surface area contributed by atoms with Crippen LogP contribution in [0.4, 0.5) is 0 Å². The molecule has 0 amide bonds. The fourth-order valence-electron chi connectivity index (χ4n) is 2.26. The summed E-state index contributed by atoms with van der Waals surface area (Å²) < 4.78 is 8.35. The van der Waals surface area contributed by atoms with E-state index >= 15 is 0 Å². The average Bonchev–Trinajstić information content (AvgIpc) is 2.46. The van der Waals surface area contributed by atoms with E-state index in [4.69, 9.17) is 22.2 Å². The number of nitrogens with zero attached hydrogens (tertiary/aromatic N) is 3. The quantitative estimate of drug-likeness (QED) is 0.699. The van der Waals surface area contributed by atoms with E-state index < -0.39 is 5.72 Å². The van der Waals surface area contributed by atoms with Crippen LogP contribution in [0.25, 0.3) is 0 Å². The molecule has 0 spiro atoms. The molecule has 5 heteroatoms. The lowest BCUT2D eigenvalue weighted by molar-refractivity contribution is 0.114. The number of aliphatic imine (C=N–C) groups is 1. The highest BCUT2D eigenvalue weighted by Gasteiger charge is 2.29. The number of fused-ring (bicyclic) bond motifs is 1. The van der Waals surface area contributed by atoms with Crippen molar-refractivity contribution in [2.45, 2.75) is 19.6 Å². The molecular formula is C16H13N3OS. The van der Waals surface area contributed by atoms with Gasteiger partial charge in [-0.25, -0.2) is 4.99 Å². The summed E-state index contributed by atoms with van der Waals surface area (Å²) >= 11 is 5.37. The van der Waals surface area contributed by atoms with Crippen molar-refractivity contribution in [2.75, 3.05) is 0 Å². The minimum Gasteiger partial charge on any atom is -0.466 e. The third kappa shape index (κ3) is 2.46. The molecule has 0 unspecified atom stereocenters. The number of pyridine rings is 1. The van der Waals surface area contributed by atoms with Crippen LogP contribution in [-0.2, 0) is 0 Å². The van der Waals surface area contributed by atoms with Gasteiger partial charge < -0.3 is 4.74 Å². The second-order valence-electron chi connectivity index (χ2n) is 5.22. The first-order valence-electron chi connectivity index (χ1n) is 6.52. The number of ether oxygens (including phenoxy) is 1. The smallest absolute Gasteiger partial charge is 0.196 e. The van der Waals surface area contributed by atoms with E-state index in [-0.39, 0.29) is 0 Å². The Balaban J connectivity index is 2.29. The molecule has 0 radical (unpaired) electrons. The van der Waals surface area contributed by atoms with Crippen molar-refractivity contribution in [3.63, 3.8) is 0 Å². The summed E-state index contributed by atoms with van der Waals surface area (Å²) in [6.45, 7) is 3.78. The number of hydrogen-bond acceptors (Lipinski definition) is 4. The Labute approximate surface area is 127 Å². The van der Waals surface area contributed by atoms with E-state index in [9.17, 15) is 0 Å². The van der Waals surface area contributed by atoms with Gasteiger partial charge in [0.15, 0.2) is 5.72 Å². The van der Waals surface area contributed by atoms with Crippen LogP contribution in [0.15, 0.2) is 47.6 Å². The fourth-order valence-corrected chi connectivity index (χ4v) is 2.48. The Morgan fingerprint density at radius 2 is 2.10 bits per heavy atom. The van der Waals surface area contributed by atoms with Crippen LogP contribution in [0.1, 0.15) is 25.0 Å². The van der Waals surface area contributed by atoms with Crippen LogP contribution < -0.4 is 4.74 Å². The third-order valence-corrected chi connectivity index (χ3v) is 3.47. The van der Waals surface area contributed by atoms with Crippen LogP contribution in [0.3, 0.4) is 0 Å². The van der Waals surface area contributed by atoms with Gasteiger partial charge >= 0.3 is 0 Å². The lowest BCUT2D eigenvalue weighted by atomic mass is 10.1. The van der Waals surface area contributed by atoms with Crippen molar-refractivity contribution in [2.24, 2.45) is 4.99 Å². The maximum absolute atomic E-state index is 9.10. The van der Waals surface area contributed by atoms with E-state index in [2.05, 4.69) is 11.1 Å². The molecule has 0 bridgehead atoms. The van der Waals surface area contributed by atoms with Gasteiger partial charge in [-0.2, -0.15) is 5.26 Å². The van der Waals surface area contributed by atoms with Gasteiger partial charge in [0.25, 0.3) is 0 Å². The van der Waals surface area contributed by atoms with Gasteiger partial charge in [0.2, 0.25) is 0 Å². The highest BCUT2D eigenvalue weighted by atomic mass is 32.1. The molecule has 1 aliphatic heterocycles. The highest BCUT2D eigenvalue weighted by molar-refractivity contribution is 7.71. The van der Waals surface area contributed by atoms with Crippen molar-refractivity contribution in [1.82, 2.24) is 4.57 Å². The summed E-state index contributed by atoms with van der Waals surface area (Å²) in [6.07, 6.45) is 1.87. The summed E-state index contributed by atoms with van der Waals surface area (Å²) in [5, 5.41) is 9.10. The second-order valence-corrected chi connectivity index (χ2v) is 5.63. The molecule has 1 aromatic carbocycles. The summed E-state index contributed by atoms with van der Waals surface area (Å²) in [4.78, 5) is 4.64. The molecule has 0 fully saturated rings. The molecule has 2 aromatic rings. The van der Waals surface area contributed by atoms with Gasteiger partial charge in [-0.05, 0) is 44.2 Å². The van der Waals surface area contributed by atoms with Crippen LogP contribution in [0, 0.1) is 16.0 Å². The first-order chi connectivity index (χ1) is 10.00. The Hall–Kier alpha value is -2.45. The van der Waals surface area contributed by atoms with E-state index in [0.29, 0.717) is 21.8 Å². The molecular weight excluding hydrogens is 282 g/mol. The van der Waals surface area contributed by atoms with Crippen LogP contribution in [0.2, 0.25) is 0 Å². The Morgan fingerprint density at radius 1 is 1.29 bits per heavy atom. The molecule has 0 saturated carbocycles. The van der Waals surface area contributed by atoms with Crippen molar-refractivity contribution in [3.05, 3.63) is 58.4 Å². The second kappa shape index (κ2) is 4.83. The first kappa shape index (κ1) is 13.5. The molecule has 1 aliphatic rings. The molecule has 0 aliphatic carbocycles. The van der Waals surface area contributed by atoms with Crippen molar-refractivity contribution >= 4 is 18.1 Å². The Bertz CT molecular complexity index is 843. The van der Waals surface area contributed by atoms with Gasteiger partial charge in [-0.15, -0.1) is 0 Å². The predicted octanol–water partition coefficient (Wildman–Crippen LogP) is 3.51. The lowest BCUT2D eigenvalue weighted by Crippen LogP contribution is -2.34. The molecule has 4 nitrogen and oxygen atoms in total. The zero-order valence-electron chi connectivity index (χ0n) is 11.7. The normalized spacial score (nSPS) is 15.4. The number of benzene rings is 1. The van der Waals surface area contributed by atoms with E-state index in [1.165, 1.54) is 0 Å². The molecule has 1 aromatic heterocycles. The monoisotopic (exact) mass is 295 g/mol. The van der Waals surface area contributed by atoms with E-state index in [0.717, 1.165) is 5.56 Å². The summed E-state index contributed by atoms with van der Waals surface area (Å²) in [5.74, 6) is 1.40. The van der Waals surface area contributed by atoms with Gasteiger partial charge in [0.05, 0.1) is 17.2 Å². The SMILES string of the molecule is CC1(C)N=C(n2ccccc2=S)c2cc(C#N)ccc2O1. The maximum atomic E-state index is 9.10. The van der Waals surface area contributed by atoms with E-state index in [1.54, 1.807) is 18.2 Å². The molecule has 0 N–H and O–H groups in total. The number of rotatable bonds is 0. The summed E-state index contributed by atoms with van der Waals surface area (Å²) in [5.41, 5.74) is 0.657.